The van der Waals surface area contributed by atoms with Crippen LogP contribution in [0.4, 0.5) is 10.5 Å². The second kappa shape index (κ2) is 5.48. The maximum Gasteiger partial charge on any atom is 0.328 e. The van der Waals surface area contributed by atoms with E-state index in [4.69, 9.17) is 0 Å². The van der Waals surface area contributed by atoms with Crippen LogP contribution in [0.3, 0.4) is 0 Å². The highest BCUT2D eigenvalue weighted by Crippen LogP contribution is 2.13. The van der Waals surface area contributed by atoms with Crippen molar-refractivity contribution in [2.45, 2.75) is 25.7 Å². The third-order valence-corrected chi connectivity index (χ3v) is 2.84. The molecule has 1 fully saturated rings. The molecule has 0 spiro atoms. The van der Waals surface area contributed by atoms with Crippen molar-refractivity contribution < 1.29 is 9.59 Å². The van der Waals surface area contributed by atoms with E-state index in [0.29, 0.717) is 13.0 Å². The summed E-state index contributed by atoms with van der Waals surface area (Å²) < 4.78 is 0. The van der Waals surface area contributed by atoms with E-state index in [2.05, 4.69) is 5.32 Å². The summed E-state index contributed by atoms with van der Waals surface area (Å²) >= 11 is 0. The van der Waals surface area contributed by atoms with Crippen molar-refractivity contribution in [2.24, 2.45) is 0 Å². The number of carbonyl (C=O) groups excluding carboxylic acids is 2. The number of urea groups is 1. The Balaban J connectivity index is 2.01. The summed E-state index contributed by atoms with van der Waals surface area (Å²) in [5, 5.41) is 2.74. The van der Waals surface area contributed by atoms with Gasteiger partial charge in [-0.15, -0.1) is 0 Å². The molecule has 1 N–H and O–H groups in total. The molecule has 0 radical (unpaired) electrons. The molecule has 90 valence electrons. The molecular formula is C13H16N2O2. The standard InChI is InChI=1S/C13H16N2O2/c16-12-9-5-2-6-10-15(12)13(17)14-11-7-3-1-4-8-11/h1,3-4,7-8H,2,5-6,9-10H2,(H,14,17). The van der Waals surface area contributed by atoms with Gasteiger partial charge >= 0.3 is 6.03 Å². The molecular weight excluding hydrogens is 216 g/mol. The van der Waals surface area contributed by atoms with Crippen LogP contribution in [0.15, 0.2) is 30.3 Å². The zero-order chi connectivity index (χ0) is 12.1. The molecule has 0 aliphatic carbocycles. The molecule has 1 aliphatic heterocycles. The van der Waals surface area contributed by atoms with Gasteiger partial charge in [0.15, 0.2) is 0 Å². The molecule has 0 aromatic heterocycles. The van der Waals surface area contributed by atoms with Crippen LogP contribution in [0.2, 0.25) is 0 Å². The van der Waals surface area contributed by atoms with Crippen LogP contribution in [0.5, 0.6) is 0 Å². The van der Waals surface area contributed by atoms with Gasteiger partial charge in [-0.25, -0.2) is 4.79 Å². The zero-order valence-electron chi connectivity index (χ0n) is 9.69. The van der Waals surface area contributed by atoms with Crippen LogP contribution < -0.4 is 5.32 Å². The molecule has 1 aliphatic rings. The summed E-state index contributed by atoms with van der Waals surface area (Å²) in [6.45, 7) is 0.525. The first-order chi connectivity index (χ1) is 8.27. The number of benzene rings is 1. The Morgan fingerprint density at radius 3 is 2.65 bits per heavy atom. The lowest BCUT2D eigenvalue weighted by molar-refractivity contribution is -0.127. The second-order valence-electron chi connectivity index (χ2n) is 4.15. The van der Waals surface area contributed by atoms with Gasteiger partial charge in [-0.3, -0.25) is 9.69 Å². The SMILES string of the molecule is O=C1CCCCCN1C(=O)Nc1ccccc1. The van der Waals surface area contributed by atoms with Crippen LogP contribution in [0.25, 0.3) is 0 Å². The van der Waals surface area contributed by atoms with E-state index in [0.717, 1.165) is 24.9 Å². The molecule has 0 unspecified atom stereocenters. The number of nitrogens with zero attached hydrogens (tertiary/aromatic N) is 1. The molecule has 2 rings (SSSR count). The fraction of sp³-hybridized carbons (Fsp3) is 0.385. The predicted molar refractivity (Wildman–Crippen MR) is 65.6 cm³/mol. The monoisotopic (exact) mass is 232 g/mol. The van der Waals surface area contributed by atoms with Crippen molar-refractivity contribution >= 4 is 17.6 Å². The number of nitrogens with one attached hydrogen (secondary N) is 1. The maximum absolute atomic E-state index is 11.9. The van der Waals surface area contributed by atoms with Gasteiger partial charge in [0.2, 0.25) is 5.91 Å². The highest BCUT2D eigenvalue weighted by molar-refractivity contribution is 6.01. The van der Waals surface area contributed by atoms with Crippen molar-refractivity contribution in [3.63, 3.8) is 0 Å². The van der Waals surface area contributed by atoms with Gasteiger partial charge in [-0.2, -0.15) is 0 Å². The molecule has 0 saturated carbocycles. The maximum atomic E-state index is 11.9. The van der Waals surface area contributed by atoms with Crippen LogP contribution in [0.1, 0.15) is 25.7 Å². The molecule has 4 heteroatoms. The number of hydrogen-bond donors (Lipinski definition) is 1. The third kappa shape index (κ3) is 3.06. The third-order valence-electron chi connectivity index (χ3n) is 2.84. The normalized spacial score (nSPS) is 16.5. The summed E-state index contributed by atoms with van der Waals surface area (Å²) in [5.74, 6) is -0.0732. The first kappa shape index (κ1) is 11.6. The zero-order valence-corrected chi connectivity index (χ0v) is 9.69. The second-order valence-corrected chi connectivity index (χ2v) is 4.15. The number of amides is 3. The van der Waals surface area contributed by atoms with Crippen LogP contribution in [-0.4, -0.2) is 23.4 Å². The quantitative estimate of drug-likeness (QED) is 0.809. The Bertz CT molecular complexity index is 403. The largest absolute Gasteiger partial charge is 0.328 e. The Morgan fingerprint density at radius 2 is 1.88 bits per heavy atom. The molecule has 1 aromatic rings. The number of likely N-dealkylation sites (tertiary alicyclic amines) is 1. The van der Waals surface area contributed by atoms with Crippen molar-refractivity contribution in [3.8, 4) is 0 Å². The van der Waals surface area contributed by atoms with E-state index >= 15 is 0 Å². The fourth-order valence-electron chi connectivity index (χ4n) is 1.91. The first-order valence-corrected chi connectivity index (χ1v) is 5.94. The van der Waals surface area contributed by atoms with E-state index in [9.17, 15) is 9.59 Å². The van der Waals surface area contributed by atoms with Gasteiger partial charge < -0.3 is 5.32 Å². The molecule has 0 bridgehead atoms. The Morgan fingerprint density at radius 1 is 1.12 bits per heavy atom. The van der Waals surface area contributed by atoms with Crippen LogP contribution in [-0.2, 0) is 4.79 Å². The highest BCUT2D eigenvalue weighted by atomic mass is 16.2. The number of anilines is 1. The Labute approximate surface area is 101 Å². The number of imide groups is 1. The summed E-state index contributed by atoms with van der Waals surface area (Å²) in [7, 11) is 0. The summed E-state index contributed by atoms with van der Waals surface area (Å²) in [6.07, 6.45) is 3.27. The van der Waals surface area contributed by atoms with Gasteiger partial charge in [0, 0.05) is 18.7 Å². The average molecular weight is 232 g/mol. The van der Waals surface area contributed by atoms with E-state index in [-0.39, 0.29) is 11.9 Å². The minimum atomic E-state index is -0.317. The van der Waals surface area contributed by atoms with Crippen molar-refractivity contribution in [1.82, 2.24) is 4.90 Å². The number of hydrogen-bond acceptors (Lipinski definition) is 2. The van der Waals surface area contributed by atoms with E-state index in [1.54, 1.807) is 12.1 Å². The lowest BCUT2D eigenvalue weighted by Gasteiger charge is -2.18. The summed E-state index contributed by atoms with van der Waals surface area (Å²) in [5.41, 5.74) is 0.717. The van der Waals surface area contributed by atoms with Crippen LogP contribution >= 0.6 is 0 Å². The lowest BCUT2D eigenvalue weighted by Crippen LogP contribution is -2.39. The topological polar surface area (TPSA) is 49.4 Å². The smallest absolute Gasteiger partial charge is 0.307 e. The molecule has 0 atom stereocenters. The van der Waals surface area contributed by atoms with Gasteiger partial charge in [0.25, 0.3) is 0 Å². The molecule has 3 amide bonds. The van der Waals surface area contributed by atoms with Crippen molar-refractivity contribution in [3.05, 3.63) is 30.3 Å². The minimum absolute atomic E-state index is 0.0732. The van der Waals surface area contributed by atoms with Gasteiger partial charge in [-0.05, 0) is 25.0 Å². The van der Waals surface area contributed by atoms with Gasteiger partial charge in [-0.1, -0.05) is 24.6 Å². The number of para-hydroxylation sites is 1. The molecule has 17 heavy (non-hydrogen) atoms. The predicted octanol–water partition coefficient (Wildman–Crippen LogP) is 2.62. The summed E-state index contributed by atoms with van der Waals surface area (Å²) in [4.78, 5) is 25.0. The Kier molecular flexibility index (Phi) is 3.75. The molecule has 4 nitrogen and oxygen atoms in total. The minimum Gasteiger partial charge on any atom is -0.307 e. The van der Waals surface area contributed by atoms with E-state index < -0.39 is 0 Å². The van der Waals surface area contributed by atoms with Crippen molar-refractivity contribution in [2.75, 3.05) is 11.9 Å². The first-order valence-electron chi connectivity index (χ1n) is 5.94. The fourth-order valence-corrected chi connectivity index (χ4v) is 1.91. The average Bonchev–Trinajstić information content (AvgIpc) is 2.55. The van der Waals surface area contributed by atoms with Gasteiger partial charge in [0.05, 0.1) is 0 Å². The highest BCUT2D eigenvalue weighted by Gasteiger charge is 2.22. The van der Waals surface area contributed by atoms with Gasteiger partial charge in [0.1, 0.15) is 0 Å². The number of carbonyl (C=O) groups is 2. The molecule has 1 heterocycles. The molecule has 1 aromatic carbocycles. The number of rotatable bonds is 1. The summed E-state index contributed by atoms with van der Waals surface area (Å²) in [6, 6.07) is 8.87. The van der Waals surface area contributed by atoms with E-state index in [1.165, 1.54) is 4.90 Å². The lowest BCUT2D eigenvalue weighted by atomic mass is 10.2. The molecule has 1 saturated heterocycles. The Hall–Kier alpha value is -1.84. The van der Waals surface area contributed by atoms with Crippen molar-refractivity contribution in [1.29, 1.82) is 0 Å². The van der Waals surface area contributed by atoms with Crippen LogP contribution in [0, 0.1) is 0 Å². The van der Waals surface area contributed by atoms with E-state index in [1.807, 2.05) is 18.2 Å².